The Morgan fingerprint density at radius 3 is 2.33 bits per heavy atom. The van der Waals surface area contributed by atoms with E-state index in [9.17, 15) is 8.42 Å². The summed E-state index contributed by atoms with van der Waals surface area (Å²) in [5.41, 5.74) is 7.89. The molecule has 6 heteroatoms. The summed E-state index contributed by atoms with van der Waals surface area (Å²) in [6.45, 7) is 3.90. The average molecular weight is 345 g/mol. The summed E-state index contributed by atoms with van der Waals surface area (Å²) in [5, 5.41) is 2.99. The van der Waals surface area contributed by atoms with E-state index in [2.05, 4.69) is 10.3 Å². The van der Waals surface area contributed by atoms with E-state index >= 15 is 0 Å². The summed E-state index contributed by atoms with van der Waals surface area (Å²) in [4.78, 5) is 4.64. The maximum absolute atomic E-state index is 12.4. The van der Waals surface area contributed by atoms with Gasteiger partial charge >= 0.3 is 0 Å². The normalized spacial score (nSPS) is 13.5. The number of sulfone groups is 1. The van der Waals surface area contributed by atoms with Gasteiger partial charge in [0.25, 0.3) is 0 Å². The Morgan fingerprint density at radius 1 is 1.12 bits per heavy atom. The van der Waals surface area contributed by atoms with Crippen LogP contribution in [-0.4, -0.2) is 26.2 Å². The molecule has 2 aromatic rings. The van der Waals surface area contributed by atoms with Gasteiger partial charge < -0.3 is 11.1 Å². The molecule has 0 aromatic heterocycles. The molecule has 0 heterocycles. The van der Waals surface area contributed by atoms with Crippen LogP contribution in [0.3, 0.4) is 0 Å². The van der Waals surface area contributed by atoms with E-state index in [4.69, 9.17) is 5.73 Å². The molecule has 1 atom stereocenters. The van der Waals surface area contributed by atoms with Crippen LogP contribution < -0.4 is 11.1 Å². The van der Waals surface area contributed by atoms with E-state index in [1.807, 2.05) is 38.1 Å². The molecule has 0 bridgehead atoms. The lowest BCUT2D eigenvalue weighted by Gasteiger charge is -2.13. The van der Waals surface area contributed by atoms with Crippen molar-refractivity contribution in [1.29, 1.82) is 0 Å². The van der Waals surface area contributed by atoms with E-state index in [0.717, 1.165) is 11.3 Å². The lowest BCUT2D eigenvalue weighted by atomic mass is 10.2. The first kappa shape index (κ1) is 18.0. The lowest BCUT2D eigenvalue weighted by Crippen LogP contribution is -2.28. The molecule has 0 amide bonds. The maximum atomic E-state index is 12.4. The summed E-state index contributed by atoms with van der Waals surface area (Å²) in [5.74, 6) is 0.151. The summed E-state index contributed by atoms with van der Waals surface area (Å²) >= 11 is 0. The van der Waals surface area contributed by atoms with Crippen LogP contribution in [-0.2, 0) is 9.84 Å². The molecule has 5 nitrogen and oxygen atoms in total. The molecule has 2 rings (SSSR count). The van der Waals surface area contributed by atoms with Gasteiger partial charge in [-0.3, -0.25) is 0 Å². The molecule has 0 saturated heterocycles. The van der Waals surface area contributed by atoms with Crippen LogP contribution in [0, 0.1) is 6.92 Å². The van der Waals surface area contributed by atoms with Gasteiger partial charge in [0.05, 0.1) is 16.7 Å². The SMILES string of the molecule is CCC(CS(=O)(=O)c1ccccc1)N=C(N)Nc1ccc(C)cc1. The van der Waals surface area contributed by atoms with E-state index in [-0.39, 0.29) is 11.7 Å². The second kappa shape index (κ2) is 7.97. The van der Waals surface area contributed by atoms with Crippen LogP contribution in [0.4, 0.5) is 5.69 Å². The Hall–Kier alpha value is -2.34. The highest BCUT2D eigenvalue weighted by molar-refractivity contribution is 7.91. The van der Waals surface area contributed by atoms with Crippen molar-refractivity contribution in [1.82, 2.24) is 0 Å². The molecule has 0 spiro atoms. The second-order valence-electron chi connectivity index (χ2n) is 5.66. The first-order chi connectivity index (χ1) is 11.4. The maximum Gasteiger partial charge on any atom is 0.193 e. The van der Waals surface area contributed by atoms with Gasteiger partial charge in [0.2, 0.25) is 0 Å². The van der Waals surface area contributed by atoms with Crippen LogP contribution in [0.2, 0.25) is 0 Å². The van der Waals surface area contributed by atoms with E-state index in [1.54, 1.807) is 30.3 Å². The topological polar surface area (TPSA) is 84.5 Å². The molecule has 24 heavy (non-hydrogen) atoms. The molecule has 0 fully saturated rings. The highest BCUT2D eigenvalue weighted by Gasteiger charge is 2.20. The van der Waals surface area contributed by atoms with Crippen LogP contribution in [0.1, 0.15) is 18.9 Å². The van der Waals surface area contributed by atoms with E-state index in [0.29, 0.717) is 11.3 Å². The van der Waals surface area contributed by atoms with Crippen molar-refractivity contribution in [3.63, 3.8) is 0 Å². The van der Waals surface area contributed by atoms with Crippen LogP contribution in [0.5, 0.6) is 0 Å². The smallest absolute Gasteiger partial charge is 0.193 e. The van der Waals surface area contributed by atoms with E-state index in [1.165, 1.54) is 0 Å². The van der Waals surface area contributed by atoms with Crippen molar-refractivity contribution in [2.45, 2.75) is 31.2 Å². The number of nitrogens with two attached hydrogens (primary N) is 1. The number of rotatable bonds is 6. The molecule has 0 aliphatic carbocycles. The van der Waals surface area contributed by atoms with E-state index < -0.39 is 15.9 Å². The summed E-state index contributed by atoms with van der Waals surface area (Å²) < 4.78 is 24.9. The third kappa shape index (κ3) is 5.09. The number of hydrogen-bond donors (Lipinski definition) is 2. The van der Waals surface area contributed by atoms with Crippen molar-refractivity contribution in [2.75, 3.05) is 11.1 Å². The Bertz CT molecular complexity index is 785. The Morgan fingerprint density at radius 2 is 1.75 bits per heavy atom. The summed E-state index contributed by atoms with van der Waals surface area (Å²) in [6.07, 6.45) is 0.586. The van der Waals surface area contributed by atoms with Crippen molar-refractivity contribution in [3.05, 3.63) is 60.2 Å². The van der Waals surface area contributed by atoms with Gasteiger partial charge in [0, 0.05) is 5.69 Å². The Labute approximate surface area is 143 Å². The molecule has 0 aliphatic heterocycles. The largest absolute Gasteiger partial charge is 0.370 e. The minimum atomic E-state index is -3.39. The first-order valence-electron chi connectivity index (χ1n) is 7.85. The standard InChI is InChI=1S/C18H23N3O2S/c1-3-15(13-24(22,23)17-7-5-4-6-8-17)20-18(19)21-16-11-9-14(2)10-12-16/h4-12,15H,3,13H2,1-2H3,(H3,19,20,21). The molecular weight excluding hydrogens is 322 g/mol. The minimum absolute atomic E-state index is 0.0657. The number of hydrogen-bond acceptors (Lipinski definition) is 3. The predicted molar refractivity (Wildman–Crippen MR) is 99.0 cm³/mol. The molecule has 128 valence electrons. The van der Waals surface area contributed by atoms with Crippen molar-refractivity contribution in [3.8, 4) is 0 Å². The van der Waals surface area contributed by atoms with Crippen molar-refractivity contribution >= 4 is 21.5 Å². The zero-order valence-corrected chi connectivity index (χ0v) is 14.8. The molecule has 3 N–H and O–H groups in total. The number of benzene rings is 2. The van der Waals surface area contributed by atoms with Crippen LogP contribution >= 0.6 is 0 Å². The summed E-state index contributed by atoms with van der Waals surface area (Å²) in [6, 6.07) is 15.7. The zero-order valence-electron chi connectivity index (χ0n) is 13.9. The molecule has 2 aromatic carbocycles. The van der Waals surface area contributed by atoms with Gasteiger partial charge in [-0.25, -0.2) is 13.4 Å². The van der Waals surface area contributed by atoms with Gasteiger partial charge in [0.1, 0.15) is 0 Å². The Kier molecular flexibility index (Phi) is 5.98. The van der Waals surface area contributed by atoms with Crippen LogP contribution in [0.25, 0.3) is 0 Å². The monoisotopic (exact) mass is 345 g/mol. The fourth-order valence-corrected chi connectivity index (χ4v) is 3.82. The second-order valence-corrected chi connectivity index (χ2v) is 7.70. The third-order valence-electron chi connectivity index (χ3n) is 3.63. The molecule has 0 radical (unpaired) electrons. The minimum Gasteiger partial charge on any atom is -0.370 e. The van der Waals surface area contributed by atoms with Crippen molar-refractivity contribution < 1.29 is 8.42 Å². The number of guanidine groups is 1. The van der Waals surface area contributed by atoms with Gasteiger partial charge in [-0.15, -0.1) is 0 Å². The molecule has 0 saturated carbocycles. The quantitative estimate of drug-likeness (QED) is 0.623. The Balaban J connectivity index is 2.09. The third-order valence-corrected chi connectivity index (χ3v) is 5.45. The highest BCUT2D eigenvalue weighted by atomic mass is 32.2. The number of anilines is 1. The number of aliphatic imine (C=N–C) groups is 1. The molecule has 1 unspecified atom stereocenters. The fraction of sp³-hybridized carbons (Fsp3) is 0.278. The number of aryl methyl sites for hydroxylation is 1. The van der Waals surface area contributed by atoms with Gasteiger partial charge in [-0.2, -0.15) is 0 Å². The van der Waals surface area contributed by atoms with Gasteiger partial charge in [-0.05, 0) is 37.6 Å². The van der Waals surface area contributed by atoms with Crippen molar-refractivity contribution in [2.24, 2.45) is 10.7 Å². The number of nitrogens with zero attached hydrogens (tertiary/aromatic N) is 1. The highest BCUT2D eigenvalue weighted by Crippen LogP contribution is 2.14. The van der Waals surface area contributed by atoms with Gasteiger partial charge in [0.15, 0.2) is 15.8 Å². The predicted octanol–water partition coefficient (Wildman–Crippen LogP) is 2.97. The zero-order chi connectivity index (χ0) is 17.6. The first-order valence-corrected chi connectivity index (χ1v) is 9.50. The average Bonchev–Trinajstić information content (AvgIpc) is 2.57. The fourth-order valence-electron chi connectivity index (χ4n) is 2.24. The summed E-state index contributed by atoms with van der Waals surface area (Å²) in [7, 11) is -3.39. The van der Waals surface area contributed by atoms with Crippen LogP contribution in [0.15, 0.2) is 64.5 Å². The lowest BCUT2D eigenvalue weighted by molar-refractivity contribution is 0.584. The molecule has 0 aliphatic rings. The number of nitrogens with one attached hydrogen (secondary N) is 1. The molecular formula is C18H23N3O2S. The van der Waals surface area contributed by atoms with Gasteiger partial charge in [-0.1, -0.05) is 42.8 Å².